The minimum Gasteiger partial charge on any atom is -0.493 e. The van der Waals surface area contributed by atoms with E-state index in [-0.39, 0.29) is 6.61 Å². The second-order valence-electron chi connectivity index (χ2n) is 5.03. The SMILES string of the molecule is COc1cc(/C=C/C(=O)OCc2cccc(Br)c2)cc(OC)c1OC. The van der Waals surface area contributed by atoms with Gasteiger partial charge in [-0.2, -0.15) is 0 Å². The summed E-state index contributed by atoms with van der Waals surface area (Å²) in [6, 6.07) is 11.1. The minimum atomic E-state index is -0.436. The molecular formula is C19H19BrO5. The summed E-state index contributed by atoms with van der Waals surface area (Å²) in [5.41, 5.74) is 1.64. The van der Waals surface area contributed by atoms with Crippen molar-refractivity contribution in [2.75, 3.05) is 21.3 Å². The predicted molar refractivity (Wildman–Crippen MR) is 99.1 cm³/mol. The van der Waals surface area contributed by atoms with Gasteiger partial charge in [-0.05, 0) is 41.5 Å². The smallest absolute Gasteiger partial charge is 0.331 e. The van der Waals surface area contributed by atoms with Crippen molar-refractivity contribution in [1.82, 2.24) is 0 Å². The molecule has 2 aromatic rings. The highest BCUT2D eigenvalue weighted by molar-refractivity contribution is 9.10. The first-order valence-electron chi connectivity index (χ1n) is 7.46. The van der Waals surface area contributed by atoms with E-state index in [1.165, 1.54) is 27.4 Å². The van der Waals surface area contributed by atoms with Gasteiger partial charge in [0.05, 0.1) is 21.3 Å². The van der Waals surface area contributed by atoms with Crippen molar-refractivity contribution >= 4 is 28.0 Å². The molecule has 0 spiro atoms. The summed E-state index contributed by atoms with van der Waals surface area (Å²) in [7, 11) is 4.61. The molecule has 0 aromatic heterocycles. The van der Waals surface area contributed by atoms with E-state index < -0.39 is 5.97 Å². The molecule has 0 heterocycles. The summed E-state index contributed by atoms with van der Waals surface area (Å²) >= 11 is 3.38. The van der Waals surface area contributed by atoms with Crippen LogP contribution in [0.25, 0.3) is 6.08 Å². The Morgan fingerprint density at radius 2 is 1.72 bits per heavy atom. The molecule has 0 atom stereocenters. The third kappa shape index (κ3) is 5.26. The van der Waals surface area contributed by atoms with Crippen molar-refractivity contribution in [2.24, 2.45) is 0 Å². The molecule has 0 aliphatic heterocycles. The van der Waals surface area contributed by atoms with Crippen LogP contribution in [0.3, 0.4) is 0 Å². The fraction of sp³-hybridized carbons (Fsp3) is 0.211. The third-order valence-electron chi connectivity index (χ3n) is 3.37. The van der Waals surface area contributed by atoms with Crippen LogP contribution in [0.2, 0.25) is 0 Å². The van der Waals surface area contributed by atoms with Crippen LogP contribution in [-0.4, -0.2) is 27.3 Å². The van der Waals surface area contributed by atoms with Crippen LogP contribution < -0.4 is 14.2 Å². The number of benzene rings is 2. The van der Waals surface area contributed by atoms with Crippen LogP contribution in [0.1, 0.15) is 11.1 Å². The van der Waals surface area contributed by atoms with E-state index in [2.05, 4.69) is 15.9 Å². The molecule has 5 nitrogen and oxygen atoms in total. The van der Waals surface area contributed by atoms with Gasteiger partial charge in [0, 0.05) is 10.5 Å². The summed E-state index contributed by atoms with van der Waals surface area (Å²) in [5, 5.41) is 0. The Hall–Kier alpha value is -2.47. The van der Waals surface area contributed by atoms with Crippen molar-refractivity contribution in [3.8, 4) is 17.2 Å². The normalized spacial score (nSPS) is 10.6. The number of halogens is 1. The van der Waals surface area contributed by atoms with Crippen LogP contribution in [-0.2, 0) is 16.1 Å². The summed E-state index contributed by atoms with van der Waals surface area (Å²) in [4.78, 5) is 11.9. The minimum absolute atomic E-state index is 0.206. The van der Waals surface area contributed by atoms with Crippen molar-refractivity contribution < 1.29 is 23.7 Å². The highest BCUT2D eigenvalue weighted by atomic mass is 79.9. The first-order valence-corrected chi connectivity index (χ1v) is 8.26. The molecule has 0 fully saturated rings. The zero-order valence-corrected chi connectivity index (χ0v) is 15.8. The van der Waals surface area contributed by atoms with Gasteiger partial charge in [0.2, 0.25) is 5.75 Å². The molecule has 2 aromatic carbocycles. The highest BCUT2D eigenvalue weighted by Crippen LogP contribution is 2.38. The number of carbonyl (C=O) groups excluding carboxylic acids is 1. The van der Waals surface area contributed by atoms with Gasteiger partial charge in [0.15, 0.2) is 11.5 Å². The van der Waals surface area contributed by atoms with Crippen molar-refractivity contribution in [3.05, 3.63) is 58.1 Å². The van der Waals surface area contributed by atoms with Crippen LogP contribution in [0.5, 0.6) is 17.2 Å². The van der Waals surface area contributed by atoms with Crippen LogP contribution in [0, 0.1) is 0 Å². The van der Waals surface area contributed by atoms with E-state index in [0.29, 0.717) is 17.2 Å². The maximum absolute atomic E-state index is 11.9. The third-order valence-corrected chi connectivity index (χ3v) is 3.86. The van der Waals surface area contributed by atoms with Crippen LogP contribution in [0.15, 0.2) is 46.9 Å². The molecule has 132 valence electrons. The Balaban J connectivity index is 2.06. The molecule has 0 aliphatic rings. The van der Waals surface area contributed by atoms with Crippen molar-refractivity contribution in [2.45, 2.75) is 6.61 Å². The van der Waals surface area contributed by atoms with E-state index in [1.807, 2.05) is 24.3 Å². The Bertz CT molecular complexity index is 745. The first kappa shape index (κ1) is 18.9. The predicted octanol–water partition coefficient (Wildman–Crippen LogP) is 4.23. The van der Waals surface area contributed by atoms with E-state index in [1.54, 1.807) is 18.2 Å². The number of methoxy groups -OCH3 is 3. The molecule has 0 saturated carbocycles. The number of hydrogen-bond acceptors (Lipinski definition) is 5. The number of carbonyl (C=O) groups is 1. The second-order valence-corrected chi connectivity index (χ2v) is 5.95. The molecule has 0 unspecified atom stereocenters. The largest absolute Gasteiger partial charge is 0.493 e. The summed E-state index contributed by atoms with van der Waals surface area (Å²) in [6.07, 6.45) is 2.99. The summed E-state index contributed by atoms with van der Waals surface area (Å²) in [6.45, 7) is 0.206. The molecule has 0 bridgehead atoms. The molecule has 6 heteroatoms. The van der Waals surface area contributed by atoms with E-state index in [4.69, 9.17) is 18.9 Å². The van der Waals surface area contributed by atoms with Gasteiger partial charge < -0.3 is 18.9 Å². The maximum Gasteiger partial charge on any atom is 0.331 e. The molecule has 0 saturated heterocycles. The van der Waals surface area contributed by atoms with E-state index in [9.17, 15) is 4.79 Å². The fourth-order valence-electron chi connectivity index (χ4n) is 2.19. The average molecular weight is 407 g/mol. The number of hydrogen-bond donors (Lipinski definition) is 0. The Morgan fingerprint density at radius 1 is 1.04 bits per heavy atom. The quantitative estimate of drug-likeness (QED) is 0.508. The van der Waals surface area contributed by atoms with Crippen molar-refractivity contribution in [3.63, 3.8) is 0 Å². The summed E-state index contributed by atoms with van der Waals surface area (Å²) < 4.78 is 22.0. The molecular weight excluding hydrogens is 388 g/mol. The van der Waals surface area contributed by atoms with Gasteiger partial charge in [-0.1, -0.05) is 28.1 Å². The van der Waals surface area contributed by atoms with Gasteiger partial charge in [0.1, 0.15) is 6.61 Å². The molecule has 25 heavy (non-hydrogen) atoms. The Labute approximate surface area is 155 Å². The van der Waals surface area contributed by atoms with E-state index in [0.717, 1.165) is 15.6 Å². The summed E-state index contributed by atoms with van der Waals surface area (Å²) in [5.74, 6) is 1.10. The maximum atomic E-state index is 11.9. The monoisotopic (exact) mass is 406 g/mol. The van der Waals surface area contributed by atoms with Crippen LogP contribution >= 0.6 is 15.9 Å². The van der Waals surface area contributed by atoms with Gasteiger partial charge >= 0.3 is 5.97 Å². The highest BCUT2D eigenvalue weighted by Gasteiger charge is 2.12. The lowest BCUT2D eigenvalue weighted by Crippen LogP contribution is -2.00. The second kappa shape index (κ2) is 9.13. The van der Waals surface area contributed by atoms with Gasteiger partial charge in [-0.3, -0.25) is 0 Å². The van der Waals surface area contributed by atoms with Crippen LogP contribution in [0.4, 0.5) is 0 Å². The van der Waals surface area contributed by atoms with Gasteiger partial charge in [-0.15, -0.1) is 0 Å². The zero-order valence-electron chi connectivity index (χ0n) is 14.2. The average Bonchev–Trinajstić information content (AvgIpc) is 2.63. The lowest BCUT2D eigenvalue weighted by atomic mass is 10.1. The number of ether oxygens (including phenoxy) is 4. The molecule has 0 radical (unpaired) electrons. The Kier molecular flexibility index (Phi) is 6.89. The standard InChI is InChI=1S/C19H19BrO5/c1-22-16-10-13(11-17(23-2)19(16)24-3)7-8-18(21)25-12-14-5-4-6-15(20)9-14/h4-11H,12H2,1-3H3/b8-7+. The number of rotatable bonds is 7. The number of esters is 1. The topological polar surface area (TPSA) is 54.0 Å². The molecule has 2 rings (SSSR count). The fourth-order valence-corrected chi connectivity index (χ4v) is 2.64. The Morgan fingerprint density at radius 3 is 2.28 bits per heavy atom. The molecule has 0 aliphatic carbocycles. The lowest BCUT2D eigenvalue weighted by Gasteiger charge is -2.12. The lowest BCUT2D eigenvalue weighted by molar-refractivity contribution is -0.138. The van der Waals surface area contributed by atoms with Gasteiger partial charge in [-0.25, -0.2) is 4.79 Å². The molecule has 0 amide bonds. The van der Waals surface area contributed by atoms with Crippen molar-refractivity contribution in [1.29, 1.82) is 0 Å². The first-order chi connectivity index (χ1) is 12.1. The zero-order chi connectivity index (χ0) is 18.2. The van der Waals surface area contributed by atoms with Gasteiger partial charge in [0.25, 0.3) is 0 Å². The molecule has 0 N–H and O–H groups in total. The van der Waals surface area contributed by atoms with E-state index >= 15 is 0 Å².